The van der Waals surface area contributed by atoms with Crippen LogP contribution >= 0.6 is 24.0 Å². The second-order valence-corrected chi connectivity index (χ2v) is 6.65. The van der Waals surface area contributed by atoms with Gasteiger partial charge in [0.25, 0.3) is 0 Å². The Bertz CT molecular complexity index is 848. The predicted molar refractivity (Wildman–Crippen MR) is 126 cm³/mol. The molecule has 0 atom stereocenters. The summed E-state index contributed by atoms with van der Waals surface area (Å²) in [6, 6.07) is 16.2. The lowest BCUT2D eigenvalue weighted by Crippen LogP contribution is -2.36. The summed E-state index contributed by atoms with van der Waals surface area (Å²) in [4.78, 5) is 6.98. The van der Waals surface area contributed by atoms with Gasteiger partial charge in [-0.2, -0.15) is 0 Å². The number of aliphatic imine (C=N–C) groups is 1. The van der Waals surface area contributed by atoms with Crippen LogP contribution in [0.2, 0.25) is 0 Å². The molecule has 0 unspecified atom stereocenters. The van der Waals surface area contributed by atoms with Crippen LogP contribution in [0, 0.1) is 0 Å². The topological polar surface area (TPSA) is 65.9 Å². The first-order chi connectivity index (χ1) is 13.7. The summed E-state index contributed by atoms with van der Waals surface area (Å²) < 4.78 is 10.8. The van der Waals surface area contributed by atoms with Gasteiger partial charge in [-0.05, 0) is 49.4 Å². The molecule has 0 aliphatic carbocycles. The molecule has 2 aromatic heterocycles. The number of guanidine groups is 1. The zero-order valence-corrected chi connectivity index (χ0v) is 19.3. The van der Waals surface area contributed by atoms with Gasteiger partial charge in [-0.1, -0.05) is 24.3 Å². The van der Waals surface area contributed by atoms with Gasteiger partial charge in [0.2, 0.25) is 0 Å². The van der Waals surface area contributed by atoms with Gasteiger partial charge in [-0.15, -0.1) is 24.0 Å². The normalized spacial score (nSPS) is 11.3. The van der Waals surface area contributed by atoms with E-state index in [0.29, 0.717) is 13.1 Å². The molecule has 2 N–H and O–H groups in total. The van der Waals surface area contributed by atoms with Crippen LogP contribution < -0.4 is 10.6 Å². The van der Waals surface area contributed by atoms with Crippen molar-refractivity contribution in [3.63, 3.8) is 0 Å². The van der Waals surface area contributed by atoms with Crippen LogP contribution in [0.15, 0.2) is 74.9 Å². The van der Waals surface area contributed by atoms with Crippen LogP contribution in [0.5, 0.6) is 0 Å². The van der Waals surface area contributed by atoms with Gasteiger partial charge in [-0.25, -0.2) is 4.99 Å². The predicted octanol–water partition coefficient (Wildman–Crippen LogP) is 4.38. The molecule has 0 fully saturated rings. The van der Waals surface area contributed by atoms with Gasteiger partial charge in [0.15, 0.2) is 5.96 Å². The zero-order valence-electron chi connectivity index (χ0n) is 16.9. The molecule has 2 heterocycles. The maximum absolute atomic E-state index is 5.45. The molecule has 6 nitrogen and oxygen atoms in total. The fraction of sp³-hybridized carbons (Fsp3) is 0.318. The van der Waals surface area contributed by atoms with Gasteiger partial charge < -0.3 is 19.5 Å². The molecule has 0 amide bonds. The van der Waals surface area contributed by atoms with E-state index in [0.717, 1.165) is 37.1 Å². The third kappa shape index (κ3) is 7.58. The summed E-state index contributed by atoms with van der Waals surface area (Å²) >= 11 is 0. The van der Waals surface area contributed by atoms with E-state index in [-0.39, 0.29) is 24.0 Å². The van der Waals surface area contributed by atoms with Crippen LogP contribution in [0.25, 0.3) is 0 Å². The zero-order chi connectivity index (χ0) is 19.6. The van der Waals surface area contributed by atoms with Gasteiger partial charge in [0.05, 0.1) is 32.2 Å². The molecule has 3 rings (SSSR count). The Balaban J connectivity index is 0.00000300. The van der Waals surface area contributed by atoms with E-state index in [1.165, 1.54) is 11.1 Å². The van der Waals surface area contributed by atoms with E-state index >= 15 is 0 Å². The third-order valence-corrected chi connectivity index (χ3v) is 4.33. The summed E-state index contributed by atoms with van der Waals surface area (Å²) in [5, 5.41) is 6.59. The molecule has 156 valence electrons. The summed E-state index contributed by atoms with van der Waals surface area (Å²) in [5.41, 5.74) is 2.48. The largest absolute Gasteiger partial charge is 0.468 e. The van der Waals surface area contributed by atoms with Crippen molar-refractivity contribution >= 4 is 29.9 Å². The summed E-state index contributed by atoms with van der Waals surface area (Å²) in [6.45, 7) is 5.68. The third-order valence-electron chi connectivity index (χ3n) is 4.33. The fourth-order valence-electron chi connectivity index (χ4n) is 2.97. The average Bonchev–Trinajstić information content (AvgIpc) is 3.39. The van der Waals surface area contributed by atoms with E-state index in [1.54, 1.807) is 12.5 Å². The van der Waals surface area contributed by atoms with E-state index in [4.69, 9.17) is 13.8 Å². The molecule has 0 saturated carbocycles. The lowest BCUT2D eigenvalue weighted by atomic mass is 10.1. The quantitative estimate of drug-likeness (QED) is 0.255. The van der Waals surface area contributed by atoms with Crippen LogP contribution in [0.3, 0.4) is 0 Å². The first-order valence-corrected chi connectivity index (χ1v) is 9.57. The molecule has 0 spiro atoms. The average molecular weight is 508 g/mol. The maximum atomic E-state index is 5.45. The van der Waals surface area contributed by atoms with Crippen molar-refractivity contribution in [2.45, 2.75) is 33.1 Å². The van der Waals surface area contributed by atoms with Crippen molar-refractivity contribution < 1.29 is 8.83 Å². The molecule has 3 aromatic rings. The highest BCUT2D eigenvalue weighted by Crippen LogP contribution is 2.14. The maximum Gasteiger partial charge on any atom is 0.191 e. The molecule has 0 aliphatic rings. The molecule has 0 bridgehead atoms. The number of hydrogen-bond acceptors (Lipinski definition) is 4. The second kappa shape index (κ2) is 12.3. The van der Waals surface area contributed by atoms with Gasteiger partial charge >= 0.3 is 0 Å². The number of halogens is 1. The molecule has 0 saturated heterocycles. The smallest absolute Gasteiger partial charge is 0.191 e. The van der Waals surface area contributed by atoms with Crippen molar-refractivity contribution in [2.75, 3.05) is 13.6 Å². The first-order valence-electron chi connectivity index (χ1n) is 9.57. The highest BCUT2D eigenvalue weighted by Gasteiger charge is 2.08. The van der Waals surface area contributed by atoms with Crippen molar-refractivity contribution in [1.82, 2.24) is 15.5 Å². The SMILES string of the molecule is CCNC(=NCc1ccccc1CN(C)Cc1ccco1)NCc1ccco1.I. The summed E-state index contributed by atoms with van der Waals surface area (Å²) in [5.74, 6) is 2.62. The summed E-state index contributed by atoms with van der Waals surface area (Å²) in [7, 11) is 2.09. The highest BCUT2D eigenvalue weighted by molar-refractivity contribution is 14.0. The molecule has 7 heteroatoms. The molecule has 0 aliphatic heterocycles. The van der Waals surface area contributed by atoms with Crippen LogP contribution in [-0.4, -0.2) is 24.5 Å². The molecule has 0 radical (unpaired) electrons. The van der Waals surface area contributed by atoms with Gasteiger partial charge in [-0.3, -0.25) is 4.90 Å². The van der Waals surface area contributed by atoms with Crippen molar-refractivity contribution in [2.24, 2.45) is 4.99 Å². The molecule has 1 aromatic carbocycles. The number of nitrogens with one attached hydrogen (secondary N) is 2. The van der Waals surface area contributed by atoms with Crippen LogP contribution in [-0.2, 0) is 26.2 Å². The standard InChI is InChI=1S/C22H28N4O2.HI/c1-3-23-22(25-15-20-10-6-12-27-20)24-14-18-8-4-5-9-19(18)16-26(2)17-21-11-7-13-28-21;/h4-13H,3,14-17H2,1-2H3,(H2,23,24,25);1H. The number of benzene rings is 1. The molecular formula is C22H29IN4O2. The Hall–Kier alpha value is -2.26. The van der Waals surface area contributed by atoms with Gasteiger partial charge in [0.1, 0.15) is 11.5 Å². The first kappa shape index (κ1) is 23.0. The molecule has 29 heavy (non-hydrogen) atoms. The minimum atomic E-state index is 0. The monoisotopic (exact) mass is 508 g/mol. The van der Waals surface area contributed by atoms with E-state index in [2.05, 4.69) is 53.8 Å². The lowest BCUT2D eigenvalue weighted by Gasteiger charge is -2.17. The second-order valence-electron chi connectivity index (χ2n) is 6.65. The van der Waals surface area contributed by atoms with Crippen molar-refractivity contribution in [3.8, 4) is 0 Å². The number of nitrogens with zero attached hydrogens (tertiary/aromatic N) is 2. The lowest BCUT2D eigenvalue weighted by molar-refractivity contribution is 0.287. The Morgan fingerprint density at radius 1 is 0.897 bits per heavy atom. The van der Waals surface area contributed by atoms with Crippen molar-refractivity contribution in [3.05, 3.63) is 83.7 Å². The number of hydrogen-bond donors (Lipinski definition) is 2. The summed E-state index contributed by atoms with van der Waals surface area (Å²) in [6.07, 6.45) is 3.39. The minimum Gasteiger partial charge on any atom is -0.468 e. The highest BCUT2D eigenvalue weighted by atomic mass is 127. The Morgan fingerprint density at radius 3 is 2.24 bits per heavy atom. The van der Waals surface area contributed by atoms with E-state index in [9.17, 15) is 0 Å². The fourth-order valence-corrected chi connectivity index (χ4v) is 2.97. The van der Waals surface area contributed by atoms with E-state index in [1.807, 2.05) is 24.3 Å². The van der Waals surface area contributed by atoms with Crippen molar-refractivity contribution in [1.29, 1.82) is 0 Å². The van der Waals surface area contributed by atoms with Crippen LogP contribution in [0.1, 0.15) is 29.6 Å². The minimum absolute atomic E-state index is 0. The molecular weight excluding hydrogens is 479 g/mol. The van der Waals surface area contributed by atoms with E-state index < -0.39 is 0 Å². The number of rotatable bonds is 9. The van der Waals surface area contributed by atoms with Crippen LogP contribution in [0.4, 0.5) is 0 Å². The Morgan fingerprint density at radius 2 is 1.59 bits per heavy atom. The Kier molecular flexibility index (Phi) is 9.79. The number of furan rings is 2. The van der Waals surface area contributed by atoms with Gasteiger partial charge in [0, 0.05) is 13.1 Å². The Labute approximate surface area is 189 Å².